The van der Waals surface area contributed by atoms with Gasteiger partial charge in [0.15, 0.2) is 0 Å². The summed E-state index contributed by atoms with van der Waals surface area (Å²) in [5.41, 5.74) is 2.87. The minimum atomic E-state index is -0.165. The summed E-state index contributed by atoms with van der Waals surface area (Å²) in [6, 6.07) is 15.1. The first kappa shape index (κ1) is 21.6. The molecule has 0 bridgehead atoms. The van der Waals surface area contributed by atoms with E-state index in [1.807, 2.05) is 62.4 Å². The summed E-state index contributed by atoms with van der Waals surface area (Å²) in [7, 11) is 1.63. The number of nitrogens with one attached hydrogen (secondary N) is 2. The van der Waals surface area contributed by atoms with E-state index in [0.717, 1.165) is 22.6 Å². The predicted molar refractivity (Wildman–Crippen MR) is 118 cm³/mol. The number of nitrogens with zero attached hydrogens (tertiary/aromatic N) is 2. The van der Waals surface area contributed by atoms with Crippen LogP contribution in [0.25, 0.3) is 0 Å². The van der Waals surface area contributed by atoms with Crippen molar-refractivity contribution in [3.63, 3.8) is 0 Å². The van der Waals surface area contributed by atoms with Crippen molar-refractivity contribution in [1.82, 2.24) is 15.1 Å². The topological polar surface area (TPSA) is 73.9 Å². The lowest BCUT2D eigenvalue weighted by Gasteiger charge is -2.35. The zero-order valence-corrected chi connectivity index (χ0v) is 17.9. The number of ether oxygens (including phenoxy) is 1. The Hall–Kier alpha value is -3.06. The number of anilines is 1. The highest BCUT2D eigenvalue weighted by Crippen LogP contribution is 2.26. The zero-order valence-electron chi connectivity index (χ0n) is 17.9. The summed E-state index contributed by atoms with van der Waals surface area (Å²) in [5, 5.41) is 5.96. The van der Waals surface area contributed by atoms with Crippen LogP contribution in [0.5, 0.6) is 5.75 Å². The highest BCUT2D eigenvalue weighted by atomic mass is 16.5. The molecule has 1 fully saturated rings. The molecule has 0 aliphatic carbocycles. The predicted octanol–water partition coefficient (Wildman–Crippen LogP) is 3.03. The van der Waals surface area contributed by atoms with Crippen molar-refractivity contribution in [3.8, 4) is 5.75 Å². The van der Waals surface area contributed by atoms with Crippen LogP contribution in [-0.4, -0.2) is 61.6 Å². The number of methoxy groups -OCH3 is 1. The summed E-state index contributed by atoms with van der Waals surface area (Å²) in [6.07, 6.45) is 0. The molecule has 7 nitrogen and oxygen atoms in total. The second-order valence-electron chi connectivity index (χ2n) is 7.59. The van der Waals surface area contributed by atoms with Crippen molar-refractivity contribution < 1.29 is 14.3 Å². The number of hydrogen-bond donors (Lipinski definition) is 2. The van der Waals surface area contributed by atoms with E-state index in [-0.39, 0.29) is 18.0 Å². The molecule has 7 heteroatoms. The van der Waals surface area contributed by atoms with Crippen LogP contribution in [0.15, 0.2) is 48.5 Å². The fraction of sp³-hybridized carbons (Fsp3) is 0.391. The Morgan fingerprint density at radius 1 is 1.07 bits per heavy atom. The normalized spacial score (nSPS) is 15.4. The van der Waals surface area contributed by atoms with Crippen molar-refractivity contribution in [2.24, 2.45) is 0 Å². The maximum Gasteiger partial charge on any atom is 0.317 e. The number of rotatable bonds is 6. The molecule has 160 valence electrons. The molecule has 1 aliphatic rings. The van der Waals surface area contributed by atoms with Crippen LogP contribution in [0, 0.1) is 6.92 Å². The van der Waals surface area contributed by atoms with Crippen molar-refractivity contribution in [3.05, 3.63) is 59.7 Å². The van der Waals surface area contributed by atoms with Crippen LogP contribution in [-0.2, 0) is 4.79 Å². The summed E-state index contributed by atoms with van der Waals surface area (Å²) >= 11 is 0. The monoisotopic (exact) mass is 410 g/mol. The average Bonchev–Trinajstić information content (AvgIpc) is 2.74. The number of aryl methyl sites for hydroxylation is 1. The van der Waals surface area contributed by atoms with Gasteiger partial charge in [0, 0.05) is 37.4 Å². The summed E-state index contributed by atoms with van der Waals surface area (Å²) in [4.78, 5) is 28.8. The molecule has 0 aromatic heterocycles. The van der Waals surface area contributed by atoms with Gasteiger partial charge < -0.3 is 20.3 Å². The van der Waals surface area contributed by atoms with Crippen molar-refractivity contribution in [2.75, 3.05) is 45.2 Å². The van der Waals surface area contributed by atoms with E-state index in [4.69, 9.17) is 4.74 Å². The van der Waals surface area contributed by atoms with Gasteiger partial charge in [-0.2, -0.15) is 0 Å². The number of urea groups is 1. The third-order valence-corrected chi connectivity index (χ3v) is 5.28. The first-order valence-electron chi connectivity index (χ1n) is 10.2. The molecule has 1 heterocycles. The Balaban J connectivity index is 1.47. The van der Waals surface area contributed by atoms with E-state index >= 15 is 0 Å². The van der Waals surface area contributed by atoms with Gasteiger partial charge in [-0.15, -0.1) is 0 Å². The highest BCUT2D eigenvalue weighted by Gasteiger charge is 2.24. The molecule has 1 saturated heterocycles. The number of piperazine rings is 1. The molecule has 0 saturated carbocycles. The Labute approximate surface area is 178 Å². The minimum absolute atomic E-state index is 0.0423. The number of amides is 3. The highest BCUT2D eigenvalue weighted by molar-refractivity contribution is 5.92. The molecule has 1 aliphatic heterocycles. The van der Waals surface area contributed by atoms with Gasteiger partial charge in [-0.1, -0.05) is 35.9 Å². The molecule has 3 rings (SSSR count). The smallest absolute Gasteiger partial charge is 0.317 e. The molecular formula is C23H30N4O3. The SMILES string of the molecule is COc1ccc(C)cc1C(C)NC(=O)N1CCN(CC(=O)Nc2ccccc2)CC1. The molecule has 0 radical (unpaired) electrons. The number of para-hydroxylation sites is 1. The molecule has 2 aromatic rings. The maximum absolute atomic E-state index is 12.7. The maximum atomic E-state index is 12.7. The Kier molecular flexibility index (Phi) is 7.30. The van der Waals surface area contributed by atoms with Gasteiger partial charge in [-0.05, 0) is 32.0 Å². The van der Waals surface area contributed by atoms with E-state index in [0.29, 0.717) is 32.7 Å². The Morgan fingerprint density at radius 2 is 1.77 bits per heavy atom. The van der Waals surface area contributed by atoms with Crippen LogP contribution >= 0.6 is 0 Å². The summed E-state index contributed by atoms with van der Waals surface area (Å²) in [5.74, 6) is 0.724. The van der Waals surface area contributed by atoms with Gasteiger partial charge in [0.25, 0.3) is 0 Å². The molecule has 30 heavy (non-hydrogen) atoms. The third kappa shape index (κ3) is 5.73. The summed E-state index contributed by atoms with van der Waals surface area (Å²) in [6.45, 7) is 6.80. The van der Waals surface area contributed by atoms with Gasteiger partial charge in [0.05, 0.1) is 19.7 Å². The van der Waals surface area contributed by atoms with E-state index in [1.54, 1.807) is 12.0 Å². The number of hydrogen-bond acceptors (Lipinski definition) is 4. The van der Waals surface area contributed by atoms with Crippen LogP contribution in [0.2, 0.25) is 0 Å². The van der Waals surface area contributed by atoms with Gasteiger partial charge in [0.1, 0.15) is 5.75 Å². The standard InChI is InChI=1S/C23H30N4O3/c1-17-9-10-21(30-3)20(15-17)18(2)24-23(29)27-13-11-26(12-14-27)16-22(28)25-19-7-5-4-6-8-19/h4-10,15,18H,11-14,16H2,1-3H3,(H,24,29)(H,25,28). The van der Waals surface area contributed by atoms with Gasteiger partial charge >= 0.3 is 6.03 Å². The van der Waals surface area contributed by atoms with Gasteiger partial charge in [-0.3, -0.25) is 9.69 Å². The van der Waals surface area contributed by atoms with Crippen LogP contribution in [0.1, 0.15) is 24.1 Å². The lowest BCUT2D eigenvalue weighted by atomic mass is 10.0. The second kappa shape index (κ2) is 10.1. The second-order valence-corrected chi connectivity index (χ2v) is 7.59. The zero-order chi connectivity index (χ0) is 21.5. The van der Waals surface area contributed by atoms with Crippen LogP contribution < -0.4 is 15.4 Å². The average molecular weight is 411 g/mol. The van der Waals surface area contributed by atoms with Crippen molar-refractivity contribution in [2.45, 2.75) is 19.9 Å². The number of carbonyl (C=O) groups excluding carboxylic acids is 2. The fourth-order valence-corrected chi connectivity index (χ4v) is 3.58. The third-order valence-electron chi connectivity index (χ3n) is 5.28. The number of carbonyl (C=O) groups is 2. The quantitative estimate of drug-likeness (QED) is 0.768. The first-order valence-corrected chi connectivity index (χ1v) is 10.2. The van der Waals surface area contributed by atoms with Crippen molar-refractivity contribution >= 4 is 17.6 Å². The minimum Gasteiger partial charge on any atom is -0.496 e. The van der Waals surface area contributed by atoms with E-state index in [2.05, 4.69) is 15.5 Å². The van der Waals surface area contributed by atoms with Crippen molar-refractivity contribution in [1.29, 1.82) is 0 Å². The van der Waals surface area contributed by atoms with Gasteiger partial charge in [-0.25, -0.2) is 4.79 Å². The van der Waals surface area contributed by atoms with Crippen LogP contribution in [0.4, 0.5) is 10.5 Å². The molecule has 1 atom stereocenters. The molecule has 1 unspecified atom stereocenters. The van der Waals surface area contributed by atoms with Crippen LogP contribution in [0.3, 0.4) is 0 Å². The van der Waals surface area contributed by atoms with Gasteiger partial charge in [0.2, 0.25) is 5.91 Å². The lowest BCUT2D eigenvalue weighted by molar-refractivity contribution is -0.117. The van der Waals surface area contributed by atoms with E-state index < -0.39 is 0 Å². The molecule has 3 amide bonds. The largest absolute Gasteiger partial charge is 0.496 e. The number of benzene rings is 2. The Bertz CT molecular complexity index is 864. The lowest BCUT2D eigenvalue weighted by Crippen LogP contribution is -2.53. The molecule has 2 aromatic carbocycles. The molecule has 2 N–H and O–H groups in total. The van der Waals surface area contributed by atoms with E-state index in [9.17, 15) is 9.59 Å². The first-order chi connectivity index (χ1) is 14.5. The Morgan fingerprint density at radius 3 is 2.43 bits per heavy atom. The molecular weight excluding hydrogens is 380 g/mol. The van der Waals surface area contributed by atoms with E-state index in [1.165, 1.54) is 0 Å². The fourth-order valence-electron chi connectivity index (χ4n) is 3.58. The summed E-state index contributed by atoms with van der Waals surface area (Å²) < 4.78 is 5.43. The molecule has 0 spiro atoms.